The molecule has 0 radical (unpaired) electrons. The zero-order chi connectivity index (χ0) is 13.1. The second-order valence-electron chi connectivity index (χ2n) is 6.16. The van der Waals surface area contributed by atoms with Crippen molar-refractivity contribution in [2.75, 3.05) is 14.2 Å². The maximum Gasteiger partial charge on any atom is 0.0802 e. The van der Waals surface area contributed by atoms with Gasteiger partial charge in [-0.25, -0.2) is 0 Å². The van der Waals surface area contributed by atoms with Crippen molar-refractivity contribution in [2.45, 2.75) is 65.0 Å². The summed E-state index contributed by atoms with van der Waals surface area (Å²) in [6, 6.07) is 0.479. The van der Waals surface area contributed by atoms with E-state index < -0.39 is 0 Å². The van der Waals surface area contributed by atoms with E-state index in [1.807, 2.05) is 7.11 Å². The van der Waals surface area contributed by atoms with Crippen LogP contribution in [0.2, 0.25) is 0 Å². The molecule has 0 spiro atoms. The average Bonchev–Trinajstić information content (AvgIpc) is 2.34. The van der Waals surface area contributed by atoms with Crippen molar-refractivity contribution in [3.8, 4) is 0 Å². The highest BCUT2D eigenvalue weighted by Gasteiger charge is 2.39. The molecule has 0 aromatic carbocycles. The minimum absolute atomic E-state index is 0.0281. The van der Waals surface area contributed by atoms with E-state index in [2.05, 4.69) is 40.1 Å². The quantitative estimate of drug-likeness (QED) is 0.796. The molecule has 1 N–H and O–H groups in total. The van der Waals surface area contributed by atoms with Crippen LogP contribution in [-0.2, 0) is 4.74 Å². The summed E-state index contributed by atoms with van der Waals surface area (Å²) in [6.45, 7) is 9.27. The van der Waals surface area contributed by atoms with E-state index in [0.717, 1.165) is 24.2 Å². The molecule has 5 unspecified atom stereocenters. The van der Waals surface area contributed by atoms with Crippen molar-refractivity contribution in [1.29, 1.82) is 0 Å². The van der Waals surface area contributed by atoms with Crippen LogP contribution in [0.5, 0.6) is 0 Å². The lowest BCUT2D eigenvalue weighted by atomic mass is 9.69. The maximum atomic E-state index is 5.79. The highest BCUT2D eigenvalue weighted by molar-refractivity contribution is 4.94. The fourth-order valence-electron chi connectivity index (χ4n) is 3.42. The molecule has 1 fully saturated rings. The SMILES string of the molecule is CCC(C)(OC)C(NC)C1CCC(C)C(C)C1. The van der Waals surface area contributed by atoms with Crippen molar-refractivity contribution in [3.05, 3.63) is 0 Å². The summed E-state index contributed by atoms with van der Waals surface area (Å²) < 4.78 is 5.79. The van der Waals surface area contributed by atoms with Crippen LogP contribution in [0.1, 0.15) is 53.4 Å². The number of ether oxygens (including phenoxy) is 1. The molecule has 0 aliphatic heterocycles. The Hall–Kier alpha value is -0.0800. The fraction of sp³-hybridized carbons (Fsp3) is 1.00. The lowest BCUT2D eigenvalue weighted by Gasteiger charge is -2.44. The Kier molecular flexibility index (Phi) is 5.46. The van der Waals surface area contributed by atoms with E-state index in [0.29, 0.717) is 6.04 Å². The van der Waals surface area contributed by atoms with Gasteiger partial charge in [0.2, 0.25) is 0 Å². The van der Waals surface area contributed by atoms with Crippen LogP contribution >= 0.6 is 0 Å². The van der Waals surface area contributed by atoms with Gasteiger partial charge in [0.15, 0.2) is 0 Å². The second kappa shape index (κ2) is 6.19. The van der Waals surface area contributed by atoms with Crippen molar-refractivity contribution in [1.82, 2.24) is 5.32 Å². The van der Waals surface area contributed by atoms with E-state index in [1.54, 1.807) is 0 Å². The highest BCUT2D eigenvalue weighted by atomic mass is 16.5. The van der Waals surface area contributed by atoms with Crippen LogP contribution in [0.15, 0.2) is 0 Å². The molecule has 0 amide bonds. The molecule has 0 saturated heterocycles. The third kappa shape index (κ3) is 3.23. The Bertz CT molecular complexity index is 225. The molecule has 1 aliphatic rings. The molecule has 1 rings (SSSR count). The number of likely N-dealkylation sites (N-methyl/N-ethyl adjacent to an activating group) is 1. The molecule has 17 heavy (non-hydrogen) atoms. The number of nitrogens with one attached hydrogen (secondary N) is 1. The average molecular weight is 241 g/mol. The first-order chi connectivity index (χ1) is 7.98. The zero-order valence-corrected chi connectivity index (χ0v) is 12.5. The van der Waals surface area contributed by atoms with Gasteiger partial charge in [0.25, 0.3) is 0 Å². The molecule has 0 aromatic heterocycles. The van der Waals surface area contributed by atoms with Crippen LogP contribution in [0.3, 0.4) is 0 Å². The summed E-state index contributed by atoms with van der Waals surface area (Å²) in [5, 5.41) is 3.52. The van der Waals surface area contributed by atoms with Gasteiger partial charge in [-0.2, -0.15) is 0 Å². The Morgan fingerprint density at radius 1 is 1.29 bits per heavy atom. The van der Waals surface area contributed by atoms with E-state index >= 15 is 0 Å². The topological polar surface area (TPSA) is 21.3 Å². The zero-order valence-electron chi connectivity index (χ0n) is 12.5. The fourth-order valence-corrected chi connectivity index (χ4v) is 3.42. The summed E-state index contributed by atoms with van der Waals surface area (Å²) in [6.07, 6.45) is 5.12. The third-order valence-electron chi connectivity index (χ3n) is 5.25. The van der Waals surface area contributed by atoms with Crippen molar-refractivity contribution < 1.29 is 4.74 Å². The number of hydrogen-bond acceptors (Lipinski definition) is 2. The van der Waals surface area contributed by atoms with Crippen molar-refractivity contribution >= 4 is 0 Å². The summed E-state index contributed by atoms with van der Waals surface area (Å²) in [7, 11) is 3.93. The highest BCUT2D eigenvalue weighted by Crippen LogP contribution is 2.38. The van der Waals surface area contributed by atoms with Gasteiger partial charge in [-0.3, -0.25) is 0 Å². The van der Waals surface area contributed by atoms with Gasteiger partial charge in [0, 0.05) is 13.2 Å². The Morgan fingerprint density at radius 3 is 2.35 bits per heavy atom. The first-order valence-corrected chi connectivity index (χ1v) is 7.20. The first kappa shape index (κ1) is 15.0. The van der Waals surface area contributed by atoms with E-state index in [1.165, 1.54) is 19.3 Å². The first-order valence-electron chi connectivity index (χ1n) is 7.20. The minimum atomic E-state index is -0.0281. The van der Waals surface area contributed by atoms with Crippen LogP contribution in [0.25, 0.3) is 0 Å². The molecule has 1 saturated carbocycles. The van der Waals surface area contributed by atoms with Gasteiger partial charge in [0.05, 0.1) is 5.60 Å². The standard InChI is InChI=1S/C15H31NO/c1-7-15(4,17-6)14(16-5)13-9-8-11(2)12(3)10-13/h11-14,16H,7-10H2,1-6H3. The lowest BCUT2D eigenvalue weighted by molar-refractivity contribution is -0.0527. The van der Waals surface area contributed by atoms with Crippen molar-refractivity contribution in [3.63, 3.8) is 0 Å². The Morgan fingerprint density at radius 2 is 1.94 bits per heavy atom. The maximum absolute atomic E-state index is 5.79. The van der Waals surface area contributed by atoms with Crippen molar-refractivity contribution in [2.24, 2.45) is 17.8 Å². The van der Waals surface area contributed by atoms with Gasteiger partial charge >= 0.3 is 0 Å². The molecule has 102 valence electrons. The third-order valence-corrected chi connectivity index (χ3v) is 5.25. The Labute approximate surface area is 108 Å². The van der Waals surface area contributed by atoms with Gasteiger partial charge in [0.1, 0.15) is 0 Å². The summed E-state index contributed by atoms with van der Waals surface area (Å²) in [4.78, 5) is 0. The van der Waals surface area contributed by atoms with Gasteiger partial charge in [-0.1, -0.05) is 27.2 Å². The molecule has 2 heteroatoms. The molecule has 0 aromatic rings. The van der Waals surface area contributed by atoms with E-state index in [9.17, 15) is 0 Å². The molecular weight excluding hydrogens is 210 g/mol. The van der Waals surface area contributed by atoms with E-state index in [4.69, 9.17) is 4.74 Å². The molecular formula is C15H31NO. The van der Waals surface area contributed by atoms with Gasteiger partial charge < -0.3 is 10.1 Å². The van der Waals surface area contributed by atoms with Gasteiger partial charge in [-0.15, -0.1) is 0 Å². The normalized spacial score (nSPS) is 35.3. The predicted molar refractivity (Wildman–Crippen MR) is 74.2 cm³/mol. The van der Waals surface area contributed by atoms with Crippen LogP contribution in [-0.4, -0.2) is 25.8 Å². The summed E-state index contributed by atoms with van der Waals surface area (Å²) in [5.41, 5.74) is -0.0281. The molecule has 2 nitrogen and oxygen atoms in total. The summed E-state index contributed by atoms with van der Waals surface area (Å²) in [5.74, 6) is 2.50. The second-order valence-corrected chi connectivity index (χ2v) is 6.16. The van der Waals surface area contributed by atoms with E-state index in [-0.39, 0.29) is 5.60 Å². The molecule has 1 aliphatic carbocycles. The van der Waals surface area contributed by atoms with Crippen LogP contribution in [0.4, 0.5) is 0 Å². The molecule has 0 bridgehead atoms. The van der Waals surface area contributed by atoms with Crippen LogP contribution in [0, 0.1) is 17.8 Å². The molecule has 0 heterocycles. The number of hydrogen-bond donors (Lipinski definition) is 1. The minimum Gasteiger partial charge on any atom is -0.377 e. The van der Waals surface area contributed by atoms with Crippen LogP contribution < -0.4 is 5.32 Å². The largest absolute Gasteiger partial charge is 0.377 e. The lowest BCUT2D eigenvalue weighted by Crippen LogP contribution is -2.54. The number of rotatable bonds is 5. The monoisotopic (exact) mass is 241 g/mol. The Balaban J connectivity index is 2.74. The molecule has 5 atom stereocenters. The smallest absolute Gasteiger partial charge is 0.0802 e. The predicted octanol–water partition coefficient (Wildman–Crippen LogP) is 3.46. The summed E-state index contributed by atoms with van der Waals surface area (Å²) >= 11 is 0. The number of methoxy groups -OCH3 is 1. The van der Waals surface area contributed by atoms with Gasteiger partial charge in [-0.05, 0) is 51.0 Å².